The van der Waals surface area contributed by atoms with Crippen molar-refractivity contribution in [2.24, 2.45) is 0 Å². The van der Waals surface area contributed by atoms with Gasteiger partial charge in [0.15, 0.2) is 0 Å². The van der Waals surface area contributed by atoms with E-state index in [1.54, 1.807) is 20.8 Å². The SMILES string of the molecule is CC(C)(C)OC(=O)[C@@H]1CCCN1S(=O)(=O)c1ccc(-c2c(Cl)cc(NS)cc2C(F)(F)F)cc1. The second-order valence-electron chi connectivity index (χ2n) is 8.82. The van der Waals surface area contributed by atoms with Gasteiger partial charge in [0.05, 0.1) is 15.5 Å². The standard InChI is InChI=1S/C22H24ClF3N2O4S2/c1-21(2,3)32-20(29)18-5-4-10-28(18)34(30,31)15-8-6-13(7-9-15)19-16(22(24,25)26)11-14(27-33)12-17(19)23/h6-9,11-12,18,27,33H,4-5,10H2,1-3H3/t18-/m0/s1. The lowest BCUT2D eigenvalue weighted by Crippen LogP contribution is -2.43. The highest BCUT2D eigenvalue weighted by Gasteiger charge is 2.41. The van der Waals surface area contributed by atoms with Crippen molar-refractivity contribution < 1.29 is 31.1 Å². The third-order valence-electron chi connectivity index (χ3n) is 5.16. The molecule has 1 N–H and O–H groups in total. The fourth-order valence-electron chi connectivity index (χ4n) is 3.75. The number of esters is 1. The van der Waals surface area contributed by atoms with Gasteiger partial charge in [0.2, 0.25) is 10.0 Å². The zero-order valence-electron chi connectivity index (χ0n) is 18.6. The first-order valence-corrected chi connectivity index (χ1v) is 12.6. The van der Waals surface area contributed by atoms with Crippen LogP contribution in [0.5, 0.6) is 0 Å². The quantitative estimate of drug-likeness (QED) is 0.374. The largest absolute Gasteiger partial charge is 0.459 e. The number of benzene rings is 2. The summed E-state index contributed by atoms with van der Waals surface area (Å²) >= 11 is 9.92. The first-order chi connectivity index (χ1) is 15.6. The van der Waals surface area contributed by atoms with E-state index in [2.05, 4.69) is 17.5 Å². The Labute approximate surface area is 207 Å². The smallest absolute Gasteiger partial charge is 0.417 e. The van der Waals surface area contributed by atoms with Crippen LogP contribution >= 0.6 is 24.4 Å². The van der Waals surface area contributed by atoms with Crippen LogP contribution in [0.25, 0.3) is 11.1 Å². The number of hydrogen-bond donors (Lipinski definition) is 2. The molecule has 2 aromatic rings. The summed E-state index contributed by atoms with van der Waals surface area (Å²) in [5.41, 5.74) is -1.89. The Kier molecular flexibility index (Phi) is 7.52. The summed E-state index contributed by atoms with van der Waals surface area (Å²) in [6, 6.07) is 6.13. The summed E-state index contributed by atoms with van der Waals surface area (Å²) in [6.45, 7) is 5.21. The zero-order valence-corrected chi connectivity index (χ0v) is 21.1. The molecule has 0 spiro atoms. The maximum atomic E-state index is 13.7. The minimum atomic E-state index is -4.71. The molecule has 1 heterocycles. The highest BCUT2D eigenvalue weighted by Crippen LogP contribution is 2.43. The van der Waals surface area contributed by atoms with Gasteiger partial charge in [0.1, 0.15) is 11.6 Å². The molecule has 1 atom stereocenters. The minimum absolute atomic E-state index is 0.0609. The number of hydrogen-bond acceptors (Lipinski definition) is 6. The van der Waals surface area contributed by atoms with Gasteiger partial charge in [-0.1, -0.05) is 36.5 Å². The molecule has 6 nitrogen and oxygen atoms in total. The lowest BCUT2D eigenvalue weighted by Gasteiger charge is -2.27. The minimum Gasteiger partial charge on any atom is -0.459 e. The zero-order chi connectivity index (χ0) is 25.5. The van der Waals surface area contributed by atoms with E-state index < -0.39 is 39.4 Å². The summed E-state index contributed by atoms with van der Waals surface area (Å²) in [6.07, 6.45) is -3.90. The van der Waals surface area contributed by atoms with Gasteiger partial charge in [0, 0.05) is 17.8 Å². The van der Waals surface area contributed by atoms with Crippen LogP contribution in [0.15, 0.2) is 41.3 Å². The van der Waals surface area contributed by atoms with Crippen LogP contribution in [0.1, 0.15) is 39.2 Å². The second-order valence-corrected chi connectivity index (χ2v) is 11.3. The molecule has 1 saturated heterocycles. The van der Waals surface area contributed by atoms with Crippen molar-refractivity contribution in [1.29, 1.82) is 0 Å². The molecule has 0 aromatic heterocycles. The molecular weight excluding hydrogens is 513 g/mol. The normalized spacial score (nSPS) is 17.6. The first-order valence-electron chi connectivity index (χ1n) is 10.3. The number of carbonyl (C=O) groups excluding carboxylic acids is 1. The van der Waals surface area contributed by atoms with Gasteiger partial charge in [0.25, 0.3) is 0 Å². The van der Waals surface area contributed by atoms with Crippen LogP contribution in [0.4, 0.5) is 18.9 Å². The highest BCUT2D eigenvalue weighted by molar-refractivity contribution is 7.89. The summed E-state index contributed by atoms with van der Waals surface area (Å²) < 4.78 is 76.3. The van der Waals surface area contributed by atoms with E-state index in [1.165, 1.54) is 30.3 Å². The topological polar surface area (TPSA) is 75.7 Å². The van der Waals surface area contributed by atoms with E-state index in [4.69, 9.17) is 16.3 Å². The Morgan fingerprint density at radius 1 is 1.18 bits per heavy atom. The average Bonchev–Trinajstić information content (AvgIpc) is 3.22. The van der Waals surface area contributed by atoms with E-state index in [9.17, 15) is 26.4 Å². The number of sulfonamides is 1. The Morgan fingerprint density at radius 3 is 2.32 bits per heavy atom. The molecule has 1 fully saturated rings. The summed E-state index contributed by atoms with van der Waals surface area (Å²) in [7, 11) is -4.09. The number of rotatable bonds is 5. The van der Waals surface area contributed by atoms with E-state index in [0.29, 0.717) is 12.8 Å². The number of thiol groups is 1. The molecule has 0 radical (unpaired) electrons. The fourth-order valence-corrected chi connectivity index (χ4v) is 5.85. The van der Waals surface area contributed by atoms with Gasteiger partial charge in [-0.15, -0.1) is 0 Å². The molecular formula is C22H24ClF3N2O4S2. The van der Waals surface area contributed by atoms with Crippen LogP contribution < -0.4 is 4.72 Å². The molecule has 1 aliphatic rings. The van der Waals surface area contributed by atoms with Crippen molar-refractivity contribution in [2.45, 2.75) is 56.3 Å². The third kappa shape index (κ3) is 5.64. The summed E-state index contributed by atoms with van der Waals surface area (Å²) in [5, 5.41) is -0.175. The van der Waals surface area contributed by atoms with Gasteiger partial charge < -0.3 is 9.46 Å². The molecule has 0 aliphatic carbocycles. The Hall–Kier alpha value is -1.95. The average molecular weight is 537 g/mol. The van der Waals surface area contributed by atoms with Gasteiger partial charge in [-0.3, -0.25) is 4.79 Å². The van der Waals surface area contributed by atoms with Crippen LogP contribution in [-0.4, -0.2) is 36.9 Å². The number of carbonyl (C=O) groups is 1. The van der Waals surface area contributed by atoms with E-state index in [0.717, 1.165) is 10.4 Å². The maximum absolute atomic E-state index is 13.7. The summed E-state index contributed by atoms with van der Waals surface area (Å²) in [5.74, 6) is -0.635. The van der Waals surface area contributed by atoms with E-state index in [1.807, 2.05) is 0 Å². The number of nitrogens with zero attached hydrogens (tertiary/aromatic N) is 1. The molecule has 0 saturated carbocycles. The second kappa shape index (κ2) is 9.60. The molecule has 34 heavy (non-hydrogen) atoms. The monoisotopic (exact) mass is 536 g/mol. The molecule has 186 valence electrons. The number of nitrogens with one attached hydrogen (secondary N) is 1. The van der Waals surface area contributed by atoms with Crippen LogP contribution in [0, 0.1) is 0 Å². The molecule has 3 rings (SSSR count). The van der Waals surface area contributed by atoms with E-state index in [-0.39, 0.29) is 33.3 Å². The lowest BCUT2D eigenvalue weighted by atomic mass is 9.98. The predicted octanol–water partition coefficient (Wildman–Crippen LogP) is 5.78. The van der Waals surface area contributed by atoms with Gasteiger partial charge >= 0.3 is 12.1 Å². The number of halogens is 4. The summed E-state index contributed by atoms with van der Waals surface area (Å²) in [4.78, 5) is 12.4. The number of anilines is 1. The van der Waals surface area contributed by atoms with Crippen molar-refractivity contribution in [3.8, 4) is 11.1 Å². The predicted molar refractivity (Wildman–Crippen MR) is 127 cm³/mol. The molecule has 0 bridgehead atoms. The van der Waals surface area contributed by atoms with Crippen LogP contribution in [0.3, 0.4) is 0 Å². The van der Waals surface area contributed by atoms with Gasteiger partial charge in [-0.25, -0.2) is 8.42 Å². The fraction of sp³-hybridized carbons (Fsp3) is 0.409. The molecule has 12 heteroatoms. The number of ether oxygens (including phenoxy) is 1. The first kappa shape index (κ1) is 26.7. The van der Waals surface area contributed by atoms with E-state index >= 15 is 0 Å². The van der Waals surface area contributed by atoms with Crippen molar-refractivity contribution in [1.82, 2.24) is 4.31 Å². The Bertz CT molecular complexity index is 1180. The van der Waals surface area contributed by atoms with Crippen LogP contribution in [0.2, 0.25) is 5.02 Å². The van der Waals surface area contributed by atoms with Crippen molar-refractivity contribution in [3.63, 3.8) is 0 Å². The Balaban J connectivity index is 1.97. The van der Waals surface area contributed by atoms with Crippen molar-refractivity contribution in [2.75, 3.05) is 11.3 Å². The molecule has 1 aliphatic heterocycles. The molecule has 0 amide bonds. The Morgan fingerprint density at radius 2 is 1.79 bits per heavy atom. The van der Waals surface area contributed by atoms with Crippen molar-refractivity contribution in [3.05, 3.63) is 47.0 Å². The molecule has 2 aromatic carbocycles. The van der Waals surface area contributed by atoms with Gasteiger partial charge in [-0.2, -0.15) is 17.5 Å². The van der Waals surface area contributed by atoms with Gasteiger partial charge in [-0.05, 0) is 63.4 Å². The highest BCUT2D eigenvalue weighted by atomic mass is 35.5. The third-order valence-corrected chi connectivity index (χ3v) is 7.64. The van der Waals surface area contributed by atoms with Crippen LogP contribution in [-0.2, 0) is 25.7 Å². The number of alkyl halides is 3. The molecule has 0 unspecified atom stereocenters. The lowest BCUT2D eigenvalue weighted by molar-refractivity contribution is -0.158. The van der Waals surface area contributed by atoms with Crippen molar-refractivity contribution >= 4 is 46.1 Å². The maximum Gasteiger partial charge on any atom is 0.417 e.